The van der Waals surface area contributed by atoms with Gasteiger partial charge in [0.1, 0.15) is 12.1 Å². The number of hydrogen-bond donors (Lipinski definition) is 6. The molecule has 0 aromatic heterocycles. The first-order valence-corrected chi connectivity index (χ1v) is 20.3. The third-order valence-electron chi connectivity index (χ3n) is 13.9. The van der Waals surface area contributed by atoms with Crippen molar-refractivity contribution in [2.75, 3.05) is 79.0 Å². The van der Waals surface area contributed by atoms with Crippen LogP contribution in [0.4, 0.5) is 4.79 Å². The van der Waals surface area contributed by atoms with Crippen LogP contribution in [0.25, 0.3) is 0 Å². The number of primary amides is 1. The maximum atomic E-state index is 13.4. The Morgan fingerprint density at radius 1 is 0.927 bits per heavy atom. The lowest BCUT2D eigenvalue weighted by molar-refractivity contribution is -0.151. The van der Waals surface area contributed by atoms with Crippen LogP contribution < -0.4 is 32.4 Å². The normalized spacial score (nSPS) is 39.3. The number of hydrazine groups is 1. The number of fused-ring (bicyclic) bond motifs is 1. The van der Waals surface area contributed by atoms with Gasteiger partial charge in [-0.3, -0.25) is 69.8 Å². The third kappa shape index (κ3) is 7.04. The van der Waals surface area contributed by atoms with Gasteiger partial charge in [0, 0.05) is 90.5 Å². The van der Waals surface area contributed by atoms with Gasteiger partial charge in [-0.15, -0.1) is 0 Å². The number of nitrogens with zero attached hydrogens (tertiary/aromatic N) is 6. The fourth-order valence-corrected chi connectivity index (χ4v) is 11.1. The van der Waals surface area contributed by atoms with Crippen molar-refractivity contribution < 1.29 is 33.5 Å². The first kappa shape index (κ1) is 37.3. The lowest BCUT2D eigenvalue weighted by atomic mass is 9.76. The average molecular weight is 769 g/mol. The zero-order valence-corrected chi connectivity index (χ0v) is 31.6. The number of piperazine rings is 1. The zero-order valence-electron chi connectivity index (χ0n) is 31.6. The van der Waals surface area contributed by atoms with E-state index in [9.17, 15) is 28.8 Å². The van der Waals surface area contributed by atoms with E-state index in [1.807, 2.05) is 17.0 Å². The number of imide groups is 2. The molecule has 9 rings (SSSR count). The second kappa shape index (κ2) is 14.6. The molecule has 1 spiro atoms. The van der Waals surface area contributed by atoms with Gasteiger partial charge in [-0.25, -0.2) is 9.80 Å². The number of hydrogen-bond acceptors (Lipinski definition) is 15. The molecule has 1 aliphatic carbocycles. The number of ether oxygens (including phenoxy) is 1. The number of likely N-dealkylation sites (tertiary alicyclic amines) is 4. The molecule has 19 heteroatoms. The Labute approximate surface area is 320 Å². The van der Waals surface area contributed by atoms with E-state index in [1.54, 1.807) is 0 Å². The topological polar surface area (TPSA) is 217 Å². The number of nitrogens with one attached hydrogen (secondary N) is 5. The van der Waals surface area contributed by atoms with Crippen molar-refractivity contribution in [1.29, 1.82) is 0 Å². The van der Waals surface area contributed by atoms with Crippen LogP contribution in [-0.4, -0.2) is 192 Å². The van der Waals surface area contributed by atoms with Crippen molar-refractivity contribution in [2.24, 2.45) is 23.5 Å². The molecule has 19 nitrogen and oxygen atoms in total. The van der Waals surface area contributed by atoms with Crippen LogP contribution in [0.5, 0.6) is 0 Å². The number of amides is 6. The van der Waals surface area contributed by atoms with Crippen molar-refractivity contribution in [3.63, 3.8) is 0 Å². The first-order chi connectivity index (χ1) is 26.4. The van der Waals surface area contributed by atoms with E-state index in [2.05, 4.69) is 41.4 Å². The summed E-state index contributed by atoms with van der Waals surface area (Å²) in [6.45, 7) is 8.64. The summed E-state index contributed by atoms with van der Waals surface area (Å²) in [7, 11) is 2.00. The molecule has 7 unspecified atom stereocenters. The molecule has 0 aromatic rings. The highest BCUT2D eigenvalue weighted by molar-refractivity contribution is 6.10. The third-order valence-corrected chi connectivity index (χ3v) is 13.9. The van der Waals surface area contributed by atoms with Crippen molar-refractivity contribution in [3.05, 3.63) is 0 Å². The summed E-state index contributed by atoms with van der Waals surface area (Å²) in [5.74, 6) is -2.10. The molecule has 7 N–H and O–H groups in total. The molecule has 8 heterocycles. The monoisotopic (exact) mass is 768 g/mol. The molecule has 1 saturated carbocycles. The Hall–Kier alpha value is -3.30. The number of carbonyl (C=O) groups excluding carboxylic acids is 6. The molecule has 0 bridgehead atoms. The summed E-state index contributed by atoms with van der Waals surface area (Å²) < 4.78 is 6.09. The second-order valence-corrected chi connectivity index (χ2v) is 17.7. The van der Waals surface area contributed by atoms with Gasteiger partial charge in [-0.05, 0) is 51.0 Å². The average Bonchev–Trinajstić information content (AvgIpc) is 3.78. The highest BCUT2D eigenvalue weighted by atomic mass is 16.6. The maximum Gasteiger partial charge on any atom is 0.410 e. The minimum absolute atomic E-state index is 0.0134. The number of nitrogens with two attached hydrogens (primary N) is 1. The van der Waals surface area contributed by atoms with Gasteiger partial charge in [0.05, 0.1) is 30.7 Å². The van der Waals surface area contributed by atoms with E-state index < -0.39 is 35.4 Å². The van der Waals surface area contributed by atoms with Crippen LogP contribution in [0.15, 0.2) is 0 Å². The molecule has 9 aliphatic rings. The van der Waals surface area contributed by atoms with Crippen molar-refractivity contribution in [2.45, 2.75) is 93.1 Å². The number of rotatable bonds is 9. The molecule has 0 radical (unpaired) electrons. The summed E-state index contributed by atoms with van der Waals surface area (Å²) in [4.78, 5) is 86.6. The van der Waals surface area contributed by atoms with E-state index >= 15 is 0 Å². The summed E-state index contributed by atoms with van der Waals surface area (Å²) >= 11 is 0. The van der Waals surface area contributed by atoms with Crippen LogP contribution in [0.2, 0.25) is 0 Å². The van der Waals surface area contributed by atoms with Crippen LogP contribution in [-0.2, 0) is 28.7 Å². The van der Waals surface area contributed by atoms with Gasteiger partial charge < -0.3 is 15.8 Å². The minimum Gasteiger partial charge on any atom is -0.438 e. The molecule has 8 aliphatic heterocycles. The summed E-state index contributed by atoms with van der Waals surface area (Å²) in [6, 6.07) is -0.940. The first-order valence-electron chi connectivity index (χ1n) is 20.3. The molecular formula is C36H56N12O7. The van der Waals surface area contributed by atoms with Gasteiger partial charge in [-0.1, -0.05) is 0 Å². The van der Waals surface area contributed by atoms with Crippen LogP contribution in [0.3, 0.4) is 0 Å². The second-order valence-electron chi connectivity index (χ2n) is 17.7. The fraction of sp³-hybridized carbons (Fsp3) is 0.833. The predicted octanol–water partition coefficient (Wildman–Crippen LogP) is -4.04. The molecule has 55 heavy (non-hydrogen) atoms. The molecule has 302 valence electrons. The number of piperidine rings is 2. The van der Waals surface area contributed by atoms with Crippen LogP contribution in [0, 0.1) is 17.8 Å². The van der Waals surface area contributed by atoms with E-state index in [0.717, 1.165) is 83.1 Å². The van der Waals surface area contributed by atoms with E-state index in [0.29, 0.717) is 31.8 Å². The Balaban J connectivity index is 0.725. The molecule has 6 amide bonds. The van der Waals surface area contributed by atoms with Gasteiger partial charge in [-0.2, -0.15) is 0 Å². The van der Waals surface area contributed by atoms with Crippen molar-refractivity contribution in [1.82, 2.24) is 56.2 Å². The van der Waals surface area contributed by atoms with Gasteiger partial charge >= 0.3 is 6.09 Å². The molecule has 0 aromatic carbocycles. The quantitative estimate of drug-likeness (QED) is 0.123. The smallest absolute Gasteiger partial charge is 0.410 e. The van der Waals surface area contributed by atoms with Crippen molar-refractivity contribution in [3.8, 4) is 0 Å². The van der Waals surface area contributed by atoms with Gasteiger partial charge in [0.2, 0.25) is 29.5 Å². The van der Waals surface area contributed by atoms with Crippen molar-refractivity contribution >= 4 is 35.6 Å². The summed E-state index contributed by atoms with van der Waals surface area (Å²) in [5.41, 5.74) is 8.59. The Morgan fingerprint density at radius 2 is 1.73 bits per heavy atom. The summed E-state index contributed by atoms with van der Waals surface area (Å²) in [5, 5.41) is 14.9. The lowest BCUT2D eigenvalue weighted by Crippen LogP contribution is -2.74. The van der Waals surface area contributed by atoms with E-state index in [1.165, 1.54) is 0 Å². The van der Waals surface area contributed by atoms with E-state index in [-0.39, 0.29) is 73.0 Å². The predicted molar refractivity (Wildman–Crippen MR) is 194 cm³/mol. The lowest BCUT2D eigenvalue weighted by Gasteiger charge is -2.52. The zero-order chi connectivity index (χ0) is 38.2. The highest BCUT2D eigenvalue weighted by Gasteiger charge is 2.57. The Kier molecular flexibility index (Phi) is 9.88. The molecule has 9 fully saturated rings. The maximum absolute atomic E-state index is 13.4. The molecule has 9 atom stereocenters. The fourth-order valence-electron chi connectivity index (χ4n) is 11.1. The number of carbonyl (C=O) groups is 6. The summed E-state index contributed by atoms with van der Waals surface area (Å²) in [6.07, 6.45) is 3.77. The SMILES string of the molecule is CN1CC(NC2NC(N3CCC[C@@H](N4CC5(CN(CC6CN(C7CCC8C(=O)N([C@H]9CCC(=O)NC9=O)C(=O)C8C7)C6)C5)OC4=O)C3)CNC2C(N)=O)CN1. The van der Waals surface area contributed by atoms with Crippen LogP contribution in [0.1, 0.15) is 44.9 Å². The Morgan fingerprint density at radius 3 is 2.47 bits per heavy atom. The highest BCUT2D eigenvalue weighted by Crippen LogP contribution is 2.43. The van der Waals surface area contributed by atoms with Gasteiger partial charge in [0.15, 0.2) is 5.60 Å². The Bertz CT molecular complexity index is 1590. The largest absolute Gasteiger partial charge is 0.438 e. The van der Waals surface area contributed by atoms with Crippen LogP contribution >= 0.6 is 0 Å². The molecular weight excluding hydrogens is 712 g/mol. The van der Waals surface area contributed by atoms with E-state index in [4.69, 9.17) is 10.5 Å². The number of likely N-dealkylation sites (N-methyl/N-ethyl adjacent to an activating group) is 1. The standard InChI is InChI=1S/C36H56N12O7/c1-43-15-21(10-39-43)40-31-29(30(37)50)38-11-27(41-31)45-8-2-3-23(16-45)47-19-36(55-35(47)54)17-44(18-36)12-20-13-46(14-20)22-4-5-24-25(9-22)34(53)48(33(24)52)26-6-7-28(49)42-32(26)51/h20-27,29,31,38-41H,2-19H2,1H3,(H2,37,50)(H,42,49,51)/t21?,22?,23-,24?,25?,26+,27?,29?,31?/m1/s1. The van der Waals surface area contributed by atoms with Gasteiger partial charge in [0.25, 0.3) is 0 Å². The molecule has 8 saturated heterocycles. The minimum atomic E-state index is -0.882.